The van der Waals surface area contributed by atoms with Crippen LogP contribution in [-0.4, -0.2) is 29.7 Å². The van der Waals surface area contributed by atoms with Crippen molar-refractivity contribution in [2.24, 2.45) is 4.99 Å². The van der Waals surface area contributed by atoms with Crippen molar-refractivity contribution in [1.82, 2.24) is 20.8 Å². The normalized spacial score (nSPS) is 11.7. The molecule has 4 rings (SSSR count). The lowest BCUT2D eigenvalue weighted by Gasteiger charge is -2.10. The molecule has 2 aromatic heterocycles. The molecule has 0 unspecified atom stereocenters. The van der Waals surface area contributed by atoms with Crippen LogP contribution in [-0.2, 0) is 13.0 Å². The number of aromatic nitrogens is 2. The Kier molecular flexibility index (Phi) is 5.56. The summed E-state index contributed by atoms with van der Waals surface area (Å²) < 4.78 is 18.9. The van der Waals surface area contributed by atoms with E-state index in [0.717, 1.165) is 39.9 Å². The maximum Gasteiger partial charge on any atom is 0.191 e. The Balaban J connectivity index is 1.30. The van der Waals surface area contributed by atoms with E-state index in [1.807, 2.05) is 42.6 Å². The molecule has 2 aromatic carbocycles. The quantitative estimate of drug-likeness (QED) is 0.344. The van der Waals surface area contributed by atoms with Crippen molar-refractivity contribution in [3.8, 4) is 11.3 Å². The first-order valence-corrected chi connectivity index (χ1v) is 9.44. The van der Waals surface area contributed by atoms with Crippen LogP contribution in [0.2, 0.25) is 0 Å². The molecule has 0 saturated carbocycles. The summed E-state index contributed by atoms with van der Waals surface area (Å²) in [4.78, 5) is 7.40. The summed E-state index contributed by atoms with van der Waals surface area (Å²) in [6, 6.07) is 16.5. The summed E-state index contributed by atoms with van der Waals surface area (Å²) >= 11 is 0. The Bertz CT molecular complexity index is 1120. The van der Waals surface area contributed by atoms with Gasteiger partial charge in [0.15, 0.2) is 11.7 Å². The lowest BCUT2D eigenvalue weighted by atomic mass is 10.1. The van der Waals surface area contributed by atoms with Gasteiger partial charge in [-0.05, 0) is 30.2 Å². The highest BCUT2D eigenvalue weighted by molar-refractivity contribution is 5.83. The molecule has 0 aliphatic rings. The van der Waals surface area contributed by atoms with Crippen molar-refractivity contribution < 1.29 is 8.91 Å². The highest BCUT2D eigenvalue weighted by Gasteiger charge is 2.08. The van der Waals surface area contributed by atoms with Gasteiger partial charge in [0.25, 0.3) is 0 Å². The van der Waals surface area contributed by atoms with Crippen molar-refractivity contribution in [2.45, 2.75) is 13.0 Å². The Morgan fingerprint density at radius 1 is 1.14 bits per heavy atom. The standard InChI is InChI=1S/C22H22FN5O/c1-24-22(25-10-9-16-13-26-20-8-7-17(23)11-19(16)20)27-14-18-12-21(29-28-18)15-5-3-2-4-6-15/h2-8,11-13,26H,9-10,14H2,1H3,(H2,24,25,27). The summed E-state index contributed by atoms with van der Waals surface area (Å²) in [5.41, 5.74) is 3.78. The largest absolute Gasteiger partial charge is 0.361 e. The molecule has 7 heteroatoms. The SMILES string of the molecule is CN=C(NCCc1c[nH]c2ccc(F)cc12)NCc1cc(-c2ccccc2)on1. The monoisotopic (exact) mass is 391 g/mol. The van der Waals surface area contributed by atoms with E-state index in [1.54, 1.807) is 19.2 Å². The van der Waals surface area contributed by atoms with Gasteiger partial charge in [0.05, 0.1) is 6.54 Å². The third kappa shape index (κ3) is 4.45. The van der Waals surface area contributed by atoms with Crippen molar-refractivity contribution in [2.75, 3.05) is 13.6 Å². The summed E-state index contributed by atoms with van der Waals surface area (Å²) in [5.74, 6) is 1.17. The van der Waals surface area contributed by atoms with Crippen LogP contribution in [0.3, 0.4) is 0 Å². The summed E-state index contributed by atoms with van der Waals surface area (Å²) in [7, 11) is 1.72. The van der Waals surface area contributed by atoms with Crippen LogP contribution in [0.4, 0.5) is 4.39 Å². The van der Waals surface area contributed by atoms with E-state index in [-0.39, 0.29) is 5.82 Å². The van der Waals surface area contributed by atoms with Crippen LogP contribution in [0.1, 0.15) is 11.3 Å². The Morgan fingerprint density at radius 3 is 2.83 bits per heavy atom. The van der Waals surface area contributed by atoms with Gasteiger partial charge in [0.2, 0.25) is 0 Å². The van der Waals surface area contributed by atoms with Gasteiger partial charge in [-0.2, -0.15) is 0 Å². The van der Waals surface area contributed by atoms with Crippen molar-refractivity contribution in [3.63, 3.8) is 0 Å². The molecule has 0 spiro atoms. The Morgan fingerprint density at radius 2 is 2.00 bits per heavy atom. The van der Waals surface area contributed by atoms with Gasteiger partial charge in [0.1, 0.15) is 11.5 Å². The maximum atomic E-state index is 13.5. The topological polar surface area (TPSA) is 78.2 Å². The lowest BCUT2D eigenvalue weighted by Crippen LogP contribution is -2.37. The minimum atomic E-state index is -0.230. The second kappa shape index (κ2) is 8.60. The van der Waals surface area contributed by atoms with Gasteiger partial charge in [-0.15, -0.1) is 0 Å². The molecule has 0 bridgehead atoms. The molecule has 0 radical (unpaired) electrons. The molecule has 0 fully saturated rings. The number of hydrogen-bond donors (Lipinski definition) is 3. The zero-order chi connectivity index (χ0) is 20.1. The molecule has 0 atom stereocenters. The van der Waals surface area contributed by atoms with Gasteiger partial charge in [-0.3, -0.25) is 4.99 Å². The van der Waals surface area contributed by atoms with Crippen LogP contribution >= 0.6 is 0 Å². The molecular weight excluding hydrogens is 369 g/mol. The van der Waals surface area contributed by atoms with E-state index in [0.29, 0.717) is 19.0 Å². The van der Waals surface area contributed by atoms with Gasteiger partial charge >= 0.3 is 0 Å². The highest BCUT2D eigenvalue weighted by atomic mass is 19.1. The van der Waals surface area contributed by atoms with Crippen LogP contribution in [0.15, 0.2) is 70.3 Å². The summed E-state index contributed by atoms with van der Waals surface area (Å²) in [6.07, 6.45) is 2.66. The number of nitrogens with zero attached hydrogens (tertiary/aromatic N) is 2. The molecule has 0 amide bonds. The molecule has 0 aliphatic carbocycles. The number of aliphatic imine (C=N–C) groups is 1. The number of guanidine groups is 1. The number of hydrogen-bond acceptors (Lipinski definition) is 3. The molecule has 0 saturated heterocycles. The lowest BCUT2D eigenvalue weighted by molar-refractivity contribution is 0.422. The minimum absolute atomic E-state index is 0.230. The van der Waals surface area contributed by atoms with Crippen LogP contribution in [0.5, 0.6) is 0 Å². The van der Waals surface area contributed by atoms with E-state index in [2.05, 4.69) is 25.8 Å². The summed E-state index contributed by atoms with van der Waals surface area (Å²) in [6.45, 7) is 1.16. The maximum absolute atomic E-state index is 13.5. The molecule has 29 heavy (non-hydrogen) atoms. The smallest absolute Gasteiger partial charge is 0.191 e. The molecule has 6 nitrogen and oxygen atoms in total. The second-order valence-electron chi connectivity index (χ2n) is 6.65. The number of fused-ring (bicyclic) bond motifs is 1. The molecule has 0 aliphatic heterocycles. The third-order valence-electron chi connectivity index (χ3n) is 4.69. The number of rotatable bonds is 6. The van der Waals surface area contributed by atoms with Gasteiger partial charge in [-0.1, -0.05) is 35.5 Å². The molecular formula is C22H22FN5O. The predicted octanol–water partition coefficient (Wildman–Crippen LogP) is 3.87. The van der Waals surface area contributed by atoms with E-state index >= 15 is 0 Å². The van der Waals surface area contributed by atoms with Gasteiger partial charge in [0, 0.05) is 42.3 Å². The number of H-pyrrole nitrogens is 1. The van der Waals surface area contributed by atoms with E-state index in [9.17, 15) is 4.39 Å². The van der Waals surface area contributed by atoms with Crippen LogP contribution in [0, 0.1) is 5.82 Å². The average molecular weight is 391 g/mol. The number of aromatic amines is 1. The van der Waals surface area contributed by atoms with Crippen molar-refractivity contribution in [1.29, 1.82) is 0 Å². The number of halogens is 1. The summed E-state index contributed by atoms with van der Waals surface area (Å²) in [5, 5.41) is 11.5. The Labute approximate surface area is 167 Å². The zero-order valence-corrected chi connectivity index (χ0v) is 16.1. The zero-order valence-electron chi connectivity index (χ0n) is 16.1. The van der Waals surface area contributed by atoms with E-state index < -0.39 is 0 Å². The predicted molar refractivity (Wildman–Crippen MR) is 112 cm³/mol. The number of benzene rings is 2. The van der Waals surface area contributed by atoms with Gasteiger partial charge < -0.3 is 20.1 Å². The minimum Gasteiger partial charge on any atom is -0.361 e. The first-order valence-electron chi connectivity index (χ1n) is 9.44. The molecule has 4 aromatic rings. The van der Waals surface area contributed by atoms with Crippen molar-refractivity contribution in [3.05, 3.63) is 77.9 Å². The number of nitrogens with one attached hydrogen (secondary N) is 3. The Hall–Kier alpha value is -3.61. The highest BCUT2D eigenvalue weighted by Crippen LogP contribution is 2.20. The fraction of sp³-hybridized carbons (Fsp3) is 0.182. The van der Waals surface area contributed by atoms with Gasteiger partial charge in [-0.25, -0.2) is 4.39 Å². The third-order valence-corrected chi connectivity index (χ3v) is 4.69. The van der Waals surface area contributed by atoms with Crippen LogP contribution < -0.4 is 10.6 Å². The van der Waals surface area contributed by atoms with E-state index in [1.165, 1.54) is 6.07 Å². The fourth-order valence-electron chi connectivity index (χ4n) is 3.20. The van der Waals surface area contributed by atoms with Crippen molar-refractivity contribution >= 4 is 16.9 Å². The molecule has 2 heterocycles. The average Bonchev–Trinajstić information content (AvgIpc) is 3.38. The second-order valence-corrected chi connectivity index (χ2v) is 6.65. The first-order chi connectivity index (χ1) is 14.2. The van der Waals surface area contributed by atoms with E-state index in [4.69, 9.17) is 4.52 Å². The molecule has 3 N–H and O–H groups in total. The fourth-order valence-corrected chi connectivity index (χ4v) is 3.20. The first kappa shape index (κ1) is 18.7. The van der Waals surface area contributed by atoms with Crippen LogP contribution in [0.25, 0.3) is 22.2 Å². The molecule has 148 valence electrons.